The Labute approximate surface area is 49.7 Å². The number of allylic oxidation sites excluding steroid dienone is 3. The Morgan fingerprint density at radius 1 is 1.50 bits per heavy atom. The maximum atomic E-state index is 8.68. The van der Waals surface area contributed by atoms with Gasteiger partial charge in [-0.25, -0.2) is 0 Å². The molecule has 0 fully saturated rings. The third kappa shape index (κ3) is 3.22. The summed E-state index contributed by atoms with van der Waals surface area (Å²) in [5, 5.41) is 8.68. The molecule has 0 amide bonds. The second-order valence-electron chi connectivity index (χ2n) is 1.36. The highest BCUT2D eigenvalue weighted by Gasteiger charge is 1.76. The predicted molar refractivity (Wildman–Crippen MR) is 35.7 cm³/mol. The van der Waals surface area contributed by atoms with Crippen LogP contribution in [0.5, 0.6) is 0 Å². The summed E-state index contributed by atoms with van der Waals surface area (Å²) in [5.74, 6) is 0.213. The van der Waals surface area contributed by atoms with Crippen LogP contribution >= 0.6 is 0 Å². The van der Waals surface area contributed by atoms with Crippen LogP contribution in [0.1, 0.15) is 6.42 Å². The van der Waals surface area contributed by atoms with Crippen molar-refractivity contribution in [3.05, 3.63) is 37.1 Å². The van der Waals surface area contributed by atoms with E-state index in [0.29, 0.717) is 6.42 Å². The lowest BCUT2D eigenvalue weighted by Crippen LogP contribution is -1.69. The summed E-state index contributed by atoms with van der Waals surface area (Å²) in [7, 11) is 0. The largest absolute Gasteiger partial charge is 0.508 e. The Bertz CT molecular complexity index is 112. The van der Waals surface area contributed by atoms with Gasteiger partial charge in [0.25, 0.3) is 0 Å². The first-order chi connectivity index (χ1) is 3.81. The second kappa shape index (κ2) is 4.19. The van der Waals surface area contributed by atoms with Crippen molar-refractivity contribution in [2.45, 2.75) is 6.42 Å². The lowest BCUT2D eigenvalue weighted by Gasteiger charge is -1.84. The normalized spacial score (nSPS) is 10.8. The van der Waals surface area contributed by atoms with Crippen molar-refractivity contribution in [3.8, 4) is 0 Å². The van der Waals surface area contributed by atoms with Gasteiger partial charge in [0.15, 0.2) is 0 Å². The first kappa shape index (κ1) is 7.02. The summed E-state index contributed by atoms with van der Waals surface area (Å²) in [5.41, 5.74) is 0. The van der Waals surface area contributed by atoms with Crippen LogP contribution in [-0.2, 0) is 0 Å². The standard InChI is InChI=1S/C7H10O/c1-3-5-6-7(8)4-2/h3-4,6,8H,1-2,5H2. The van der Waals surface area contributed by atoms with Gasteiger partial charge in [-0.3, -0.25) is 0 Å². The average molecular weight is 110 g/mol. The highest BCUT2D eigenvalue weighted by atomic mass is 16.3. The van der Waals surface area contributed by atoms with Crippen molar-refractivity contribution >= 4 is 0 Å². The molecule has 0 radical (unpaired) electrons. The monoisotopic (exact) mass is 110 g/mol. The summed E-state index contributed by atoms with van der Waals surface area (Å²) >= 11 is 0. The fraction of sp³-hybridized carbons (Fsp3) is 0.143. The lowest BCUT2D eigenvalue weighted by molar-refractivity contribution is 0.431. The van der Waals surface area contributed by atoms with E-state index in [0.717, 1.165) is 0 Å². The Morgan fingerprint density at radius 2 is 2.12 bits per heavy atom. The first-order valence-electron chi connectivity index (χ1n) is 2.43. The Kier molecular flexibility index (Phi) is 3.67. The van der Waals surface area contributed by atoms with Crippen molar-refractivity contribution < 1.29 is 5.11 Å². The molecule has 0 saturated carbocycles. The van der Waals surface area contributed by atoms with Crippen molar-refractivity contribution in [2.75, 3.05) is 0 Å². The highest BCUT2D eigenvalue weighted by molar-refractivity contribution is 5.07. The van der Waals surface area contributed by atoms with Gasteiger partial charge in [0.05, 0.1) is 0 Å². The van der Waals surface area contributed by atoms with Gasteiger partial charge >= 0.3 is 0 Å². The highest BCUT2D eigenvalue weighted by Crippen LogP contribution is 1.91. The summed E-state index contributed by atoms with van der Waals surface area (Å²) < 4.78 is 0. The molecule has 0 saturated heterocycles. The molecule has 0 aromatic carbocycles. The minimum Gasteiger partial charge on any atom is -0.508 e. The summed E-state index contributed by atoms with van der Waals surface area (Å²) in [6.45, 7) is 6.84. The van der Waals surface area contributed by atoms with Crippen LogP contribution in [-0.4, -0.2) is 5.11 Å². The van der Waals surface area contributed by atoms with Crippen LogP contribution in [0.25, 0.3) is 0 Å². The van der Waals surface area contributed by atoms with Gasteiger partial charge in [-0.05, 0) is 18.6 Å². The molecule has 0 aliphatic carbocycles. The first-order valence-corrected chi connectivity index (χ1v) is 2.43. The quantitative estimate of drug-likeness (QED) is 0.335. The van der Waals surface area contributed by atoms with Crippen LogP contribution in [0, 0.1) is 0 Å². The van der Waals surface area contributed by atoms with E-state index in [1.54, 1.807) is 12.2 Å². The number of rotatable bonds is 3. The number of hydrogen-bond acceptors (Lipinski definition) is 1. The summed E-state index contributed by atoms with van der Waals surface area (Å²) in [4.78, 5) is 0. The Hall–Kier alpha value is -0.980. The van der Waals surface area contributed by atoms with Gasteiger partial charge in [-0.2, -0.15) is 0 Å². The molecule has 1 heteroatoms. The van der Waals surface area contributed by atoms with Crippen molar-refractivity contribution in [2.24, 2.45) is 0 Å². The minimum absolute atomic E-state index is 0.213. The predicted octanol–water partition coefficient (Wildman–Crippen LogP) is 2.19. The Morgan fingerprint density at radius 3 is 2.50 bits per heavy atom. The maximum absolute atomic E-state index is 8.68. The number of aliphatic hydroxyl groups is 1. The van der Waals surface area contributed by atoms with Crippen molar-refractivity contribution in [1.82, 2.24) is 0 Å². The molecule has 1 N–H and O–H groups in total. The maximum Gasteiger partial charge on any atom is 0.111 e. The Balaban J connectivity index is 3.56. The number of aliphatic hydroxyl groups excluding tert-OH is 1. The molecular weight excluding hydrogens is 100 g/mol. The fourth-order valence-electron chi connectivity index (χ4n) is 0.287. The van der Waals surface area contributed by atoms with Crippen LogP contribution in [0.2, 0.25) is 0 Å². The van der Waals surface area contributed by atoms with Gasteiger partial charge < -0.3 is 5.11 Å². The zero-order chi connectivity index (χ0) is 6.41. The molecule has 0 bridgehead atoms. The van der Waals surface area contributed by atoms with Gasteiger partial charge in [0, 0.05) is 0 Å². The average Bonchev–Trinajstić information content (AvgIpc) is 1.83. The molecule has 0 aliphatic heterocycles. The molecule has 0 unspecified atom stereocenters. The van der Waals surface area contributed by atoms with E-state index in [1.807, 2.05) is 0 Å². The molecule has 44 valence electrons. The van der Waals surface area contributed by atoms with Gasteiger partial charge in [-0.1, -0.05) is 12.7 Å². The lowest BCUT2D eigenvalue weighted by atomic mass is 10.3. The van der Waals surface area contributed by atoms with E-state index < -0.39 is 0 Å². The zero-order valence-corrected chi connectivity index (χ0v) is 4.80. The molecule has 8 heavy (non-hydrogen) atoms. The minimum atomic E-state index is 0.213. The van der Waals surface area contributed by atoms with E-state index in [2.05, 4.69) is 13.2 Å². The van der Waals surface area contributed by atoms with Crippen molar-refractivity contribution in [3.63, 3.8) is 0 Å². The molecule has 0 rings (SSSR count). The van der Waals surface area contributed by atoms with Gasteiger partial charge in [0.2, 0.25) is 0 Å². The van der Waals surface area contributed by atoms with Crippen LogP contribution < -0.4 is 0 Å². The van der Waals surface area contributed by atoms with Crippen molar-refractivity contribution in [1.29, 1.82) is 0 Å². The van der Waals surface area contributed by atoms with Crippen LogP contribution in [0.4, 0.5) is 0 Å². The summed E-state index contributed by atoms with van der Waals surface area (Å²) in [6.07, 6.45) is 5.43. The molecule has 0 spiro atoms. The number of hydrogen-bond donors (Lipinski definition) is 1. The SMILES string of the molecule is C=CCC=C(O)C=C. The second-order valence-corrected chi connectivity index (χ2v) is 1.36. The van der Waals surface area contributed by atoms with Gasteiger partial charge in [-0.15, -0.1) is 6.58 Å². The topological polar surface area (TPSA) is 20.2 Å². The third-order valence-electron chi connectivity index (χ3n) is 0.703. The molecular formula is C7H10O. The van der Waals surface area contributed by atoms with Crippen LogP contribution in [0.3, 0.4) is 0 Å². The third-order valence-corrected chi connectivity index (χ3v) is 0.703. The van der Waals surface area contributed by atoms with E-state index in [-0.39, 0.29) is 5.76 Å². The fourth-order valence-corrected chi connectivity index (χ4v) is 0.287. The molecule has 0 aromatic heterocycles. The molecule has 0 aromatic rings. The molecule has 1 nitrogen and oxygen atoms in total. The smallest absolute Gasteiger partial charge is 0.111 e. The molecule has 0 aliphatic rings. The zero-order valence-electron chi connectivity index (χ0n) is 4.80. The molecule has 0 atom stereocenters. The van der Waals surface area contributed by atoms with E-state index >= 15 is 0 Å². The summed E-state index contributed by atoms with van der Waals surface area (Å²) in [6, 6.07) is 0. The molecule has 0 heterocycles. The van der Waals surface area contributed by atoms with E-state index in [4.69, 9.17) is 5.11 Å². The van der Waals surface area contributed by atoms with E-state index in [1.165, 1.54) is 6.08 Å². The van der Waals surface area contributed by atoms with Crippen LogP contribution in [0.15, 0.2) is 37.1 Å². The van der Waals surface area contributed by atoms with Gasteiger partial charge in [0.1, 0.15) is 5.76 Å². The van der Waals surface area contributed by atoms with E-state index in [9.17, 15) is 0 Å².